The van der Waals surface area contributed by atoms with Crippen LogP contribution in [0.25, 0.3) is 22.6 Å². The van der Waals surface area contributed by atoms with E-state index < -0.39 is 11.6 Å². The van der Waals surface area contributed by atoms with Gasteiger partial charge in [0.2, 0.25) is 11.9 Å². The molecule has 0 bridgehead atoms. The number of rotatable bonds is 8. The third-order valence-electron chi connectivity index (χ3n) is 6.82. The second kappa shape index (κ2) is 12.0. The van der Waals surface area contributed by atoms with Crippen molar-refractivity contribution >= 4 is 51.9 Å². The van der Waals surface area contributed by atoms with Gasteiger partial charge in [-0.3, -0.25) is 4.79 Å². The summed E-state index contributed by atoms with van der Waals surface area (Å²) in [5.41, 5.74) is 2.73. The minimum atomic E-state index is -0.914. The molecule has 2 aromatic carbocycles. The highest BCUT2D eigenvalue weighted by Gasteiger charge is 2.24. The van der Waals surface area contributed by atoms with E-state index in [1.54, 1.807) is 32.2 Å². The number of imidazole rings is 1. The molecule has 40 heavy (non-hydrogen) atoms. The molecule has 0 radical (unpaired) electrons. The quantitative estimate of drug-likeness (QED) is 0.224. The van der Waals surface area contributed by atoms with Crippen LogP contribution in [0.5, 0.6) is 0 Å². The van der Waals surface area contributed by atoms with Crippen molar-refractivity contribution < 1.29 is 13.6 Å². The number of hydrogen-bond donors (Lipinski definition) is 3. The number of anilines is 2. The molecular formula is C28H29Cl2F2N7O. The predicted molar refractivity (Wildman–Crippen MR) is 154 cm³/mol. The number of fused-ring (bicyclic) bond motifs is 1. The van der Waals surface area contributed by atoms with E-state index in [9.17, 15) is 13.6 Å². The molecule has 0 saturated carbocycles. The Morgan fingerprint density at radius 3 is 2.60 bits per heavy atom. The molecule has 5 rings (SSSR count). The molecule has 4 aromatic rings. The Balaban J connectivity index is 1.52. The van der Waals surface area contributed by atoms with Gasteiger partial charge < -0.3 is 20.5 Å². The number of nitrogens with one attached hydrogen (secondary N) is 3. The van der Waals surface area contributed by atoms with E-state index in [0.717, 1.165) is 38.1 Å². The maximum atomic E-state index is 13.6. The average molecular weight is 588 g/mol. The summed E-state index contributed by atoms with van der Waals surface area (Å²) in [6.07, 6.45) is 3.71. The number of benzene rings is 2. The van der Waals surface area contributed by atoms with Crippen LogP contribution in [-0.4, -0.2) is 38.5 Å². The van der Waals surface area contributed by atoms with E-state index in [-0.39, 0.29) is 18.4 Å². The van der Waals surface area contributed by atoms with Crippen molar-refractivity contribution in [2.24, 2.45) is 11.8 Å². The van der Waals surface area contributed by atoms with E-state index in [4.69, 9.17) is 33.2 Å². The Morgan fingerprint density at radius 2 is 1.93 bits per heavy atom. The molecule has 8 nitrogen and oxygen atoms in total. The highest BCUT2D eigenvalue weighted by molar-refractivity contribution is 6.39. The van der Waals surface area contributed by atoms with Gasteiger partial charge in [0, 0.05) is 24.7 Å². The number of halogens is 4. The van der Waals surface area contributed by atoms with Crippen molar-refractivity contribution in [1.82, 2.24) is 24.8 Å². The van der Waals surface area contributed by atoms with Crippen LogP contribution in [0, 0.1) is 23.5 Å². The van der Waals surface area contributed by atoms with Gasteiger partial charge in [-0.05, 0) is 61.7 Å². The van der Waals surface area contributed by atoms with Crippen LogP contribution >= 0.6 is 23.2 Å². The van der Waals surface area contributed by atoms with Crippen molar-refractivity contribution in [3.63, 3.8) is 0 Å². The Bertz CT molecular complexity index is 1530. The van der Waals surface area contributed by atoms with Crippen LogP contribution in [-0.2, 0) is 17.9 Å². The van der Waals surface area contributed by atoms with Crippen LogP contribution in [0.2, 0.25) is 10.0 Å². The van der Waals surface area contributed by atoms with E-state index >= 15 is 0 Å². The first-order valence-corrected chi connectivity index (χ1v) is 13.9. The number of hydrogen-bond acceptors (Lipinski definition) is 6. The molecule has 1 fully saturated rings. The Morgan fingerprint density at radius 1 is 1.15 bits per heavy atom. The molecule has 3 heterocycles. The number of carbonyl (C=O) groups excluding carboxylic acids is 1. The molecule has 12 heteroatoms. The number of amides is 1. The summed E-state index contributed by atoms with van der Waals surface area (Å²) in [6.45, 7) is 6.27. The molecule has 0 spiro atoms. The average Bonchev–Trinajstić information content (AvgIpc) is 3.26. The van der Waals surface area contributed by atoms with Crippen LogP contribution in [0.1, 0.15) is 32.3 Å². The second-order valence-corrected chi connectivity index (χ2v) is 11.0. The van der Waals surface area contributed by atoms with Crippen LogP contribution < -0.4 is 16.0 Å². The first-order valence-electron chi connectivity index (χ1n) is 13.1. The first-order chi connectivity index (χ1) is 19.2. The monoisotopic (exact) mass is 587 g/mol. The molecule has 2 aromatic heterocycles. The molecule has 1 atom stereocenters. The van der Waals surface area contributed by atoms with Gasteiger partial charge in [0.05, 0.1) is 21.8 Å². The largest absolute Gasteiger partial charge is 0.350 e. The molecule has 1 amide bonds. The smallest absolute Gasteiger partial charge is 0.226 e. The Hall–Kier alpha value is -3.34. The van der Waals surface area contributed by atoms with Crippen LogP contribution in [0.4, 0.5) is 20.4 Å². The van der Waals surface area contributed by atoms with Crippen molar-refractivity contribution in [1.29, 1.82) is 0 Å². The first kappa shape index (κ1) is 28.2. The van der Waals surface area contributed by atoms with Gasteiger partial charge in [-0.1, -0.05) is 43.1 Å². The minimum Gasteiger partial charge on any atom is -0.350 e. The maximum Gasteiger partial charge on any atom is 0.226 e. The molecule has 3 N–H and O–H groups in total. The number of nitrogens with zero attached hydrogens (tertiary/aromatic N) is 4. The van der Waals surface area contributed by atoms with Crippen molar-refractivity contribution in [2.75, 3.05) is 23.7 Å². The van der Waals surface area contributed by atoms with Crippen molar-refractivity contribution in [3.05, 3.63) is 63.8 Å². The fourth-order valence-corrected chi connectivity index (χ4v) is 5.34. The number of piperidine rings is 1. The fraction of sp³-hybridized carbons (Fsp3) is 0.357. The lowest BCUT2D eigenvalue weighted by Crippen LogP contribution is -2.32. The summed E-state index contributed by atoms with van der Waals surface area (Å²) in [4.78, 5) is 26.1. The van der Waals surface area contributed by atoms with Gasteiger partial charge in [-0.25, -0.2) is 18.7 Å². The summed E-state index contributed by atoms with van der Waals surface area (Å²) in [5, 5.41) is 10.0. The molecule has 210 valence electrons. The van der Waals surface area contributed by atoms with Gasteiger partial charge in [-0.15, -0.1) is 0 Å². The molecule has 1 aliphatic heterocycles. The fourth-order valence-electron chi connectivity index (χ4n) is 4.68. The zero-order chi connectivity index (χ0) is 28.4. The van der Waals surface area contributed by atoms with Gasteiger partial charge in [0.15, 0.2) is 17.3 Å². The summed E-state index contributed by atoms with van der Waals surface area (Å²) in [7, 11) is 0. The van der Waals surface area contributed by atoms with Crippen molar-refractivity contribution in [3.8, 4) is 11.4 Å². The minimum absolute atomic E-state index is 0.143. The summed E-state index contributed by atoms with van der Waals surface area (Å²) in [6, 6.07) is 7.05. The summed E-state index contributed by atoms with van der Waals surface area (Å²) >= 11 is 13.5. The zero-order valence-corrected chi connectivity index (χ0v) is 23.6. The Kier molecular flexibility index (Phi) is 8.48. The lowest BCUT2D eigenvalue weighted by molar-refractivity contribution is -0.118. The molecule has 1 saturated heterocycles. The third-order valence-corrected chi connectivity index (χ3v) is 7.42. The van der Waals surface area contributed by atoms with E-state index in [0.29, 0.717) is 62.3 Å². The van der Waals surface area contributed by atoms with E-state index in [1.165, 1.54) is 6.07 Å². The molecule has 1 aliphatic rings. The SMILES string of the molecule is CC(C)C(=O)Nc1cc(Cl)c(-c2nc3cnc(NCc4ccc(F)c(F)c4)nc3n2C[C@@H]2CCCNC2)c(Cl)c1. The lowest BCUT2D eigenvalue weighted by Gasteiger charge is -2.24. The van der Waals surface area contributed by atoms with Crippen molar-refractivity contribution in [2.45, 2.75) is 39.8 Å². The maximum absolute atomic E-state index is 13.6. The second-order valence-electron chi connectivity index (χ2n) is 10.2. The third kappa shape index (κ3) is 6.19. The van der Waals surface area contributed by atoms with Crippen LogP contribution in [0.3, 0.4) is 0 Å². The highest BCUT2D eigenvalue weighted by Crippen LogP contribution is 2.39. The van der Waals surface area contributed by atoms with Crippen LogP contribution in [0.15, 0.2) is 36.5 Å². The molecule has 0 unspecified atom stereocenters. The predicted octanol–water partition coefficient (Wildman–Crippen LogP) is 6.28. The molecular weight excluding hydrogens is 559 g/mol. The van der Waals surface area contributed by atoms with Gasteiger partial charge in [0.25, 0.3) is 0 Å². The molecule has 0 aliphatic carbocycles. The standard InChI is InChI=1S/C28H29Cl2F2N7O/c1-15(2)27(40)36-18-9-19(29)24(20(30)10-18)26-37-23-13-35-28(34-12-16-5-6-21(31)22(32)8-16)38-25(23)39(26)14-17-4-3-7-33-11-17/h5-6,8-10,13,15,17,33H,3-4,7,11-12,14H2,1-2H3,(H,36,40)(H,34,35,38)/t17-/m1/s1. The van der Waals surface area contributed by atoms with E-state index in [1.807, 2.05) is 4.57 Å². The summed E-state index contributed by atoms with van der Waals surface area (Å²) in [5.74, 6) is -0.962. The number of carbonyl (C=O) groups is 1. The van der Waals surface area contributed by atoms with Gasteiger partial charge in [0.1, 0.15) is 11.3 Å². The normalized spacial score (nSPS) is 15.5. The van der Waals surface area contributed by atoms with E-state index in [2.05, 4.69) is 20.9 Å². The van der Waals surface area contributed by atoms with Gasteiger partial charge >= 0.3 is 0 Å². The topological polar surface area (TPSA) is 96.8 Å². The number of aromatic nitrogens is 4. The summed E-state index contributed by atoms with van der Waals surface area (Å²) < 4.78 is 29.0. The highest BCUT2D eigenvalue weighted by atomic mass is 35.5. The Labute approximate surface area is 240 Å². The zero-order valence-electron chi connectivity index (χ0n) is 22.1. The lowest BCUT2D eigenvalue weighted by atomic mass is 9.99. The van der Waals surface area contributed by atoms with Gasteiger partial charge in [-0.2, -0.15) is 4.98 Å².